The highest BCUT2D eigenvalue weighted by Gasteiger charge is 2.28. The molecule has 6 nitrogen and oxygen atoms in total. The Morgan fingerprint density at radius 1 is 1.33 bits per heavy atom. The van der Waals surface area contributed by atoms with Gasteiger partial charge in [-0.3, -0.25) is 0 Å². The van der Waals surface area contributed by atoms with Crippen molar-refractivity contribution in [2.24, 2.45) is 0 Å². The Balaban J connectivity index is 2.15. The minimum absolute atomic E-state index is 0.425. The summed E-state index contributed by atoms with van der Waals surface area (Å²) < 4.78 is 5.42. The number of aromatic nitrogens is 2. The van der Waals surface area contributed by atoms with Crippen LogP contribution >= 0.6 is 0 Å². The number of aliphatic hydroxyl groups is 1. The highest BCUT2D eigenvalue weighted by Crippen LogP contribution is 2.26. The summed E-state index contributed by atoms with van der Waals surface area (Å²) in [5, 5.41) is 13.3. The summed E-state index contributed by atoms with van der Waals surface area (Å²) in [7, 11) is 0. The lowest BCUT2D eigenvalue weighted by molar-refractivity contribution is 0.0350. The SMILES string of the molecule is CCNc1cc(N2CCC(C)(O)CC2)nc(COCC)n1. The van der Waals surface area contributed by atoms with Crippen molar-refractivity contribution in [2.45, 2.75) is 45.8 Å². The third-order valence-corrected chi connectivity index (χ3v) is 3.72. The van der Waals surface area contributed by atoms with E-state index in [-0.39, 0.29) is 0 Å². The molecule has 0 amide bonds. The number of hydrogen-bond donors (Lipinski definition) is 2. The van der Waals surface area contributed by atoms with E-state index in [0.29, 0.717) is 19.0 Å². The van der Waals surface area contributed by atoms with Crippen LogP contribution < -0.4 is 10.2 Å². The molecule has 2 heterocycles. The molecule has 1 aromatic heterocycles. The molecule has 21 heavy (non-hydrogen) atoms. The highest BCUT2D eigenvalue weighted by atomic mass is 16.5. The molecule has 0 radical (unpaired) electrons. The summed E-state index contributed by atoms with van der Waals surface area (Å²) in [6.45, 7) is 9.41. The summed E-state index contributed by atoms with van der Waals surface area (Å²) in [5.41, 5.74) is -0.553. The third-order valence-electron chi connectivity index (χ3n) is 3.72. The number of nitrogens with zero attached hydrogens (tertiary/aromatic N) is 3. The van der Waals surface area contributed by atoms with E-state index in [4.69, 9.17) is 4.74 Å². The van der Waals surface area contributed by atoms with Gasteiger partial charge in [-0.1, -0.05) is 0 Å². The zero-order valence-electron chi connectivity index (χ0n) is 13.2. The number of rotatable bonds is 6. The maximum atomic E-state index is 10.1. The third kappa shape index (κ3) is 4.54. The van der Waals surface area contributed by atoms with Crippen molar-refractivity contribution in [3.05, 3.63) is 11.9 Å². The van der Waals surface area contributed by atoms with E-state index in [1.54, 1.807) is 0 Å². The molecular weight excluding hydrogens is 268 g/mol. The fourth-order valence-corrected chi connectivity index (χ4v) is 2.39. The molecule has 1 saturated heterocycles. The van der Waals surface area contributed by atoms with Gasteiger partial charge in [0.1, 0.15) is 18.2 Å². The normalized spacial score (nSPS) is 17.8. The van der Waals surface area contributed by atoms with E-state index < -0.39 is 5.60 Å². The molecule has 2 N–H and O–H groups in total. The molecule has 118 valence electrons. The molecule has 0 aliphatic carbocycles. The number of nitrogens with one attached hydrogen (secondary N) is 1. The Bertz CT molecular complexity index is 455. The number of piperidine rings is 1. The van der Waals surface area contributed by atoms with Crippen LogP contribution in [0.1, 0.15) is 39.4 Å². The fourth-order valence-electron chi connectivity index (χ4n) is 2.39. The van der Waals surface area contributed by atoms with E-state index in [0.717, 1.165) is 44.1 Å². The first kappa shape index (κ1) is 16.0. The molecular formula is C15H26N4O2. The fraction of sp³-hybridized carbons (Fsp3) is 0.733. The highest BCUT2D eigenvalue weighted by molar-refractivity contribution is 5.49. The predicted octanol–water partition coefficient (Wildman–Crippen LogP) is 1.80. The van der Waals surface area contributed by atoms with Crippen LogP contribution in [0.4, 0.5) is 11.6 Å². The van der Waals surface area contributed by atoms with Crippen LogP contribution in [0, 0.1) is 0 Å². The van der Waals surface area contributed by atoms with Crippen LogP contribution in [0.25, 0.3) is 0 Å². The molecule has 0 saturated carbocycles. The van der Waals surface area contributed by atoms with E-state index in [2.05, 4.69) is 20.2 Å². The van der Waals surface area contributed by atoms with Crippen molar-refractivity contribution in [3.63, 3.8) is 0 Å². The summed E-state index contributed by atoms with van der Waals surface area (Å²) in [6.07, 6.45) is 1.52. The maximum Gasteiger partial charge on any atom is 0.158 e. The van der Waals surface area contributed by atoms with E-state index in [1.165, 1.54) is 0 Å². The molecule has 1 fully saturated rings. The van der Waals surface area contributed by atoms with Crippen molar-refractivity contribution in [1.82, 2.24) is 9.97 Å². The smallest absolute Gasteiger partial charge is 0.158 e. The Labute approximate surface area is 126 Å². The molecule has 0 aromatic carbocycles. The second-order valence-corrected chi connectivity index (χ2v) is 5.68. The molecule has 2 rings (SSSR count). The molecule has 1 aromatic rings. The van der Waals surface area contributed by atoms with Crippen molar-refractivity contribution < 1.29 is 9.84 Å². The zero-order valence-corrected chi connectivity index (χ0v) is 13.2. The van der Waals surface area contributed by atoms with Crippen LogP contribution in [-0.4, -0.2) is 46.9 Å². The van der Waals surface area contributed by atoms with Crippen molar-refractivity contribution in [1.29, 1.82) is 0 Å². The molecule has 0 spiro atoms. The Hall–Kier alpha value is -1.40. The molecule has 0 bridgehead atoms. The quantitative estimate of drug-likeness (QED) is 0.833. The average molecular weight is 294 g/mol. The van der Waals surface area contributed by atoms with Gasteiger partial charge in [0.2, 0.25) is 0 Å². The molecule has 0 atom stereocenters. The Morgan fingerprint density at radius 2 is 2.05 bits per heavy atom. The predicted molar refractivity (Wildman–Crippen MR) is 83.6 cm³/mol. The first-order valence-electron chi connectivity index (χ1n) is 7.71. The summed E-state index contributed by atoms with van der Waals surface area (Å²) in [4.78, 5) is 11.3. The van der Waals surface area contributed by atoms with Crippen LogP contribution in [0.3, 0.4) is 0 Å². The lowest BCUT2D eigenvalue weighted by Gasteiger charge is -2.36. The van der Waals surface area contributed by atoms with Gasteiger partial charge in [-0.2, -0.15) is 0 Å². The van der Waals surface area contributed by atoms with Crippen molar-refractivity contribution in [2.75, 3.05) is 36.5 Å². The van der Waals surface area contributed by atoms with Crippen LogP contribution in [0.2, 0.25) is 0 Å². The van der Waals surface area contributed by atoms with Gasteiger partial charge in [0, 0.05) is 32.3 Å². The van der Waals surface area contributed by atoms with Crippen LogP contribution in [0.15, 0.2) is 6.07 Å². The zero-order chi connectivity index (χ0) is 15.3. The van der Waals surface area contributed by atoms with Gasteiger partial charge in [-0.15, -0.1) is 0 Å². The van der Waals surface area contributed by atoms with Gasteiger partial charge in [0.25, 0.3) is 0 Å². The first-order valence-corrected chi connectivity index (χ1v) is 7.71. The standard InChI is InChI=1S/C15H26N4O2/c1-4-16-12-10-14(18-13(17-12)11-21-5-2)19-8-6-15(3,20)7-9-19/h10,20H,4-9,11H2,1-3H3,(H,16,17,18). The van der Waals surface area contributed by atoms with Gasteiger partial charge < -0.3 is 20.1 Å². The van der Waals surface area contributed by atoms with Gasteiger partial charge >= 0.3 is 0 Å². The Morgan fingerprint density at radius 3 is 2.67 bits per heavy atom. The van der Waals surface area contributed by atoms with Crippen LogP contribution in [-0.2, 0) is 11.3 Å². The summed E-state index contributed by atoms with van der Waals surface area (Å²) in [5.74, 6) is 2.43. The maximum absolute atomic E-state index is 10.1. The largest absolute Gasteiger partial charge is 0.390 e. The molecule has 6 heteroatoms. The topological polar surface area (TPSA) is 70.5 Å². The number of ether oxygens (including phenoxy) is 1. The first-order chi connectivity index (χ1) is 10.0. The molecule has 1 aliphatic rings. The lowest BCUT2D eigenvalue weighted by Crippen LogP contribution is -2.42. The van der Waals surface area contributed by atoms with Crippen molar-refractivity contribution in [3.8, 4) is 0 Å². The van der Waals surface area contributed by atoms with E-state index in [1.807, 2.05) is 26.8 Å². The molecule has 0 unspecified atom stereocenters. The minimum atomic E-state index is -0.553. The van der Waals surface area contributed by atoms with E-state index in [9.17, 15) is 5.11 Å². The van der Waals surface area contributed by atoms with Gasteiger partial charge in [0.05, 0.1) is 5.60 Å². The minimum Gasteiger partial charge on any atom is -0.390 e. The number of hydrogen-bond acceptors (Lipinski definition) is 6. The van der Waals surface area contributed by atoms with Crippen molar-refractivity contribution >= 4 is 11.6 Å². The second-order valence-electron chi connectivity index (χ2n) is 5.68. The second kappa shape index (κ2) is 7.04. The number of anilines is 2. The average Bonchev–Trinajstić information content (AvgIpc) is 2.45. The Kier molecular flexibility index (Phi) is 5.36. The monoisotopic (exact) mass is 294 g/mol. The summed E-state index contributed by atoms with van der Waals surface area (Å²) in [6, 6.07) is 1.97. The van der Waals surface area contributed by atoms with Crippen LogP contribution in [0.5, 0.6) is 0 Å². The van der Waals surface area contributed by atoms with Gasteiger partial charge in [-0.05, 0) is 33.6 Å². The lowest BCUT2D eigenvalue weighted by atomic mass is 9.94. The van der Waals surface area contributed by atoms with Gasteiger partial charge in [0.15, 0.2) is 5.82 Å². The van der Waals surface area contributed by atoms with E-state index >= 15 is 0 Å². The molecule has 1 aliphatic heterocycles. The summed E-state index contributed by atoms with van der Waals surface area (Å²) >= 11 is 0. The van der Waals surface area contributed by atoms with Gasteiger partial charge in [-0.25, -0.2) is 9.97 Å².